The lowest BCUT2D eigenvalue weighted by molar-refractivity contribution is 0.520. The Balaban J connectivity index is 1.69. The zero-order chi connectivity index (χ0) is 21.1. The second-order valence-electron chi connectivity index (χ2n) is 8.03. The van der Waals surface area contributed by atoms with E-state index < -0.39 is 31.0 Å². The van der Waals surface area contributed by atoms with Crippen LogP contribution in [0.1, 0.15) is 37.3 Å². The van der Waals surface area contributed by atoms with Gasteiger partial charge in [0.25, 0.3) is 0 Å². The second-order valence-corrected chi connectivity index (χ2v) is 12.4. The van der Waals surface area contributed by atoms with E-state index in [0.29, 0.717) is 12.5 Å². The van der Waals surface area contributed by atoms with Crippen LogP contribution >= 0.6 is 0 Å². The molecular weight excluding hydrogens is 406 g/mol. The van der Waals surface area contributed by atoms with E-state index in [9.17, 15) is 16.8 Å². The highest BCUT2D eigenvalue weighted by Gasteiger charge is 2.45. The van der Waals surface area contributed by atoms with E-state index in [1.54, 1.807) is 12.1 Å². The van der Waals surface area contributed by atoms with E-state index in [2.05, 4.69) is 5.32 Å². The van der Waals surface area contributed by atoms with Gasteiger partial charge in [0.15, 0.2) is 19.7 Å². The Morgan fingerprint density at radius 1 is 1.00 bits per heavy atom. The lowest BCUT2D eigenvalue weighted by Crippen LogP contribution is -2.43. The van der Waals surface area contributed by atoms with Crippen LogP contribution in [0.15, 0.2) is 59.5 Å². The van der Waals surface area contributed by atoms with E-state index in [0.717, 1.165) is 18.4 Å². The molecule has 0 unspecified atom stereocenters. The summed E-state index contributed by atoms with van der Waals surface area (Å²) in [5, 5.41) is 2.25. The predicted molar refractivity (Wildman–Crippen MR) is 117 cm³/mol. The summed E-state index contributed by atoms with van der Waals surface area (Å²) in [6.45, 7) is 4.66. The van der Waals surface area contributed by atoms with Gasteiger partial charge in [0.05, 0.1) is 21.7 Å². The molecule has 0 radical (unpaired) electrons. The molecule has 0 saturated carbocycles. The first-order valence-electron chi connectivity index (χ1n) is 10.0. The standard InChI is InChI=1S/C22H29NO4S2/c1-17(2)19-10-12-20(13-11-19)29(26,27)22-16-28(24,25)15-21(22)23-14-6-9-18-7-4-3-5-8-18/h3-5,7-8,10-13,17,21-23H,6,9,14-16H2,1-2H3/t21-,22-/m0/s1. The fraction of sp³-hybridized carbons (Fsp3) is 0.455. The summed E-state index contributed by atoms with van der Waals surface area (Å²) in [6.07, 6.45) is 1.68. The summed E-state index contributed by atoms with van der Waals surface area (Å²) in [4.78, 5) is 0.195. The zero-order valence-electron chi connectivity index (χ0n) is 16.9. The molecular formula is C22H29NO4S2. The highest BCUT2D eigenvalue weighted by Crippen LogP contribution is 2.27. The van der Waals surface area contributed by atoms with Crippen LogP contribution in [0.25, 0.3) is 0 Å². The van der Waals surface area contributed by atoms with E-state index >= 15 is 0 Å². The van der Waals surface area contributed by atoms with Crippen molar-refractivity contribution in [2.45, 2.75) is 48.8 Å². The Kier molecular flexibility index (Phi) is 6.81. The third kappa shape index (κ3) is 5.47. The maximum Gasteiger partial charge on any atom is 0.183 e. The molecule has 1 N–H and O–H groups in total. The van der Waals surface area contributed by atoms with Gasteiger partial charge in [0, 0.05) is 6.04 Å². The van der Waals surface area contributed by atoms with Crippen LogP contribution in [0.4, 0.5) is 0 Å². The molecule has 29 heavy (non-hydrogen) atoms. The van der Waals surface area contributed by atoms with E-state index in [1.807, 2.05) is 56.3 Å². The highest BCUT2D eigenvalue weighted by atomic mass is 32.2. The van der Waals surface area contributed by atoms with Crippen molar-refractivity contribution in [2.75, 3.05) is 18.1 Å². The fourth-order valence-corrected chi connectivity index (χ4v) is 8.47. The third-order valence-corrected chi connectivity index (χ3v) is 9.63. The van der Waals surface area contributed by atoms with Crippen LogP contribution < -0.4 is 5.32 Å². The lowest BCUT2D eigenvalue weighted by atomic mass is 10.0. The largest absolute Gasteiger partial charge is 0.312 e. The molecule has 5 nitrogen and oxygen atoms in total. The molecule has 0 aromatic heterocycles. The van der Waals surface area contributed by atoms with Crippen molar-refractivity contribution in [3.63, 3.8) is 0 Å². The molecule has 2 aromatic rings. The Labute approximate surface area is 174 Å². The van der Waals surface area contributed by atoms with Gasteiger partial charge in [-0.2, -0.15) is 0 Å². The maximum absolute atomic E-state index is 13.2. The molecule has 0 amide bonds. The van der Waals surface area contributed by atoms with Gasteiger partial charge in [-0.25, -0.2) is 16.8 Å². The molecule has 1 heterocycles. The van der Waals surface area contributed by atoms with Crippen molar-refractivity contribution >= 4 is 19.7 Å². The first-order chi connectivity index (χ1) is 13.7. The van der Waals surface area contributed by atoms with Crippen molar-refractivity contribution < 1.29 is 16.8 Å². The third-order valence-electron chi connectivity index (χ3n) is 5.47. The number of benzene rings is 2. The lowest BCUT2D eigenvalue weighted by Gasteiger charge is -2.20. The molecule has 1 aliphatic heterocycles. The fourth-order valence-electron chi connectivity index (χ4n) is 3.75. The Hall–Kier alpha value is -1.70. The maximum atomic E-state index is 13.2. The topological polar surface area (TPSA) is 80.3 Å². The van der Waals surface area contributed by atoms with Gasteiger partial charge in [-0.05, 0) is 48.6 Å². The minimum absolute atomic E-state index is 0.133. The van der Waals surface area contributed by atoms with Crippen LogP contribution in [0.2, 0.25) is 0 Å². The SMILES string of the molecule is CC(C)c1ccc(S(=O)(=O)[C@H]2CS(=O)(=O)C[C@@H]2NCCCc2ccccc2)cc1. The minimum atomic E-state index is -3.73. The summed E-state index contributed by atoms with van der Waals surface area (Å²) in [6, 6.07) is 16.3. The highest BCUT2D eigenvalue weighted by molar-refractivity contribution is 7.96. The zero-order valence-corrected chi connectivity index (χ0v) is 18.5. The van der Waals surface area contributed by atoms with Gasteiger partial charge in [-0.1, -0.05) is 56.3 Å². The number of hydrogen-bond acceptors (Lipinski definition) is 5. The average molecular weight is 436 g/mol. The summed E-state index contributed by atoms with van der Waals surface area (Å²) < 4.78 is 50.8. The van der Waals surface area contributed by atoms with Crippen LogP contribution in [-0.2, 0) is 26.1 Å². The number of hydrogen-bond donors (Lipinski definition) is 1. The van der Waals surface area contributed by atoms with Gasteiger partial charge < -0.3 is 5.32 Å². The molecule has 1 saturated heterocycles. The second kappa shape index (κ2) is 8.98. The monoisotopic (exact) mass is 435 g/mol. The molecule has 2 atom stereocenters. The molecule has 0 aliphatic carbocycles. The number of aryl methyl sites for hydroxylation is 1. The molecule has 2 aromatic carbocycles. The van der Waals surface area contributed by atoms with Crippen molar-refractivity contribution in [1.82, 2.24) is 5.32 Å². The molecule has 1 fully saturated rings. The van der Waals surface area contributed by atoms with Crippen molar-refractivity contribution in [3.8, 4) is 0 Å². The van der Waals surface area contributed by atoms with Gasteiger partial charge >= 0.3 is 0 Å². The first kappa shape index (κ1) is 22.0. The Bertz CT molecular complexity index is 1010. The number of nitrogens with one attached hydrogen (secondary N) is 1. The summed E-state index contributed by atoms with van der Waals surface area (Å²) in [5.41, 5.74) is 2.27. The number of rotatable bonds is 8. The summed E-state index contributed by atoms with van der Waals surface area (Å²) >= 11 is 0. The normalized spacial score (nSPS) is 21.5. The molecule has 0 spiro atoms. The summed E-state index contributed by atoms with van der Waals surface area (Å²) in [7, 11) is -7.12. The number of sulfone groups is 2. The quantitative estimate of drug-likeness (QED) is 0.645. The van der Waals surface area contributed by atoms with Crippen molar-refractivity contribution in [2.24, 2.45) is 0 Å². The molecule has 1 aliphatic rings. The van der Waals surface area contributed by atoms with Crippen LogP contribution in [0, 0.1) is 0 Å². The Morgan fingerprint density at radius 2 is 1.66 bits per heavy atom. The van der Waals surface area contributed by atoms with Gasteiger partial charge in [0.2, 0.25) is 0 Å². The van der Waals surface area contributed by atoms with E-state index in [1.165, 1.54) is 5.56 Å². The molecule has 0 bridgehead atoms. The molecule has 7 heteroatoms. The Morgan fingerprint density at radius 3 is 2.28 bits per heavy atom. The van der Waals surface area contributed by atoms with Crippen LogP contribution in [0.3, 0.4) is 0 Å². The first-order valence-corrected chi connectivity index (χ1v) is 13.4. The van der Waals surface area contributed by atoms with Crippen LogP contribution in [-0.4, -0.2) is 46.2 Å². The van der Waals surface area contributed by atoms with Gasteiger partial charge in [0.1, 0.15) is 0 Å². The average Bonchev–Trinajstić information content (AvgIpc) is 3.01. The van der Waals surface area contributed by atoms with Crippen molar-refractivity contribution in [1.29, 1.82) is 0 Å². The smallest absolute Gasteiger partial charge is 0.183 e. The van der Waals surface area contributed by atoms with Gasteiger partial charge in [-0.15, -0.1) is 0 Å². The summed E-state index contributed by atoms with van der Waals surface area (Å²) in [5.74, 6) is -0.151. The van der Waals surface area contributed by atoms with Gasteiger partial charge in [-0.3, -0.25) is 0 Å². The van der Waals surface area contributed by atoms with E-state index in [-0.39, 0.29) is 16.4 Å². The van der Waals surface area contributed by atoms with E-state index in [4.69, 9.17) is 0 Å². The molecule has 3 rings (SSSR count). The predicted octanol–water partition coefficient (Wildman–Crippen LogP) is 2.97. The minimum Gasteiger partial charge on any atom is -0.312 e. The van der Waals surface area contributed by atoms with Crippen molar-refractivity contribution in [3.05, 3.63) is 65.7 Å². The molecule has 158 valence electrons. The van der Waals surface area contributed by atoms with Crippen LogP contribution in [0.5, 0.6) is 0 Å².